The fourth-order valence-corrected chi connectivity index (χ4v) is 1.49. The van der Waals surface area contributed by atoms with Crippen molar-refractivity contribution in [1.82, 2.24) is 15.1 Å². The molecule has 0 unspecified atom stereocenters. The molecule has 0 fully saturated rings. The van der Waals surface area contributed by atoms with E-state index in [1.165, 1.54) is 12.0 Å². The third-order valence-corrected chi connectivity index (χ3v) is 2.53. The molecule has 0 saturated heterocycles. The second kappa shape index (κ2) is 6.04. The minimum absolute atomic E-state index is 0.103. The maximum absolute atomic E-state index is 12.2. The molecular formula is C11H18N4O3. The van der Waals surface area contributed by atoms with E-state index < -0.39 is 5.97 Å². The summed E-state index contributed by atoms with van der Waals surface area (Å²) in [5.41, 5.74) is 6.83. The van der Waals surface area contributed by atoms with E-state index in [1.54, 1.807) is 6.92 Å². The molecule has 0 aliphatic heterocycles. The summed E-state index contributed by atoms with van der Waals surface area (Å²) in [6.07, 6.45) is 0.728. The van der Waals surface area contributed by atoms with Gasteiger partial charge in [0, 0.05) is 6.54 Å². The van der Waals surface area contributed by atoms with Gasteiger partial charge in [-0.05, 0) is 13.3 Å². The Bertz CT molecular complexity index is 441. The lowest BCUT2D eigenvalue weighted by molar-refractivity contribution is -0.141. The number of carbonyl (C=O) groups excluding carboxylic acids is 2. The van der Waals surface area contributed by atoms with Gasteiger partial charge in [-0.15, -0.1) is 0 Å². The molecule has 0 atom stereocenters. The average Bonchev–Trinajstić information content (AvgIpc) is 2.68. The third kappa shape index (κ3) is 2.99. The van der Waals surface area contributed by atoms with Crippen molar-refractivity contribution in [1.29, 1.82) is 0 Å². The highest BCUT2D eigenvalue weighted by molar-refractivity contribution is 5.98. The number of aryl methyl sites for hydroxylation is 1. The number of nitrogen functional groups attached to an aromatic ring is 1. The zero-order valence-electron chi connectivity index (χ0n) is 10.8. The van der Waals surface area contributed by atoms with Crippen LogP contribution < -0.4 is 5.73 Å². The largest absolute Gasteiger partial charge is 0.468 e. The first-order valence-electron chi connectivity index (χ1n) is 5.67. The van der Waals surface area contributed by atoms with Gasteiger partial charge in [-0.1, -0.05) is 6.92 Å². The lowest BCUT2D eigenvalue weighted by Crippen LogP contribution is -2.37. The Morgan fingerprint density at radius 3 is 2.61 bits per heavy atom. The molecule has 0 aliphatic carbocycles. The van der Waals surface area contributed by atoms with E-state index in [1.807, 2.05) is 6.92 Å². The van der Waals surface area contributed by atoms with E-state index in [-0.39, 0.29) is 18.1 Å². The fourth-order valence-electron chi connectivity index (χ4n) is 1.49. The molecule has 3 N–H and O–H groups in total. The van der Waals surface area contributed by atoms with E-state index in [4.69, 9.17) is 5.73 Å². The Hall–Kier alpha value is -2.05. The molecule has 1 aromatic rings. The topological polar surface area (TPSA) is 101 Å². The summed E-state index contributed by atoms with van der Waals surface area (Å²) >= 11 is 0. The zero-order chi connectivity index (χ0) is 13.7. The Morgan fingerprint density at radius 1 is 1.50 bits per heavy atom. The Balaban J connectivity index is 2.88. The van der Waals surface area contributed by atoms with E-state index in [0.29, 0.717) is 17.9 Å². The van der Waals surface area contributed by atoms with Crippen molar-refractivity contribution in [3.8, 4) is 0 Å². The number of nitrogens with zero attached hydrogens (tertiary/aromatic N) is 2. The standard InChI is InChI=1S/C11H18N4O3/c1-4-5-15(6-8(16)18-3)11(17)10-9(12)7(2)13-14-10/h4-6,12H2,1-3H3,(H,13,14). The smallest absolute Gasteiger partial charge is 0.325 e. The van der Waals surface area contributed by atoms with E-state index in [2.05, 4.69) is 14.9 Å². The van der Waals surface area contributed by atoms with Crippen LogP contribution in [0.2, 0.25) is 0 Å². The summed E-state index contributed by atoms with van der Waals surface area (Å²) in [6.45, 7) is 3.98. The maximum atomic E-state index is 12.2. The van der Waals surface area contributed by atoms with Crippen molar-refractivity contribution in [2.75, 3.05) is 25.9 Å². The molecule has 18 heavy (non-hydrogen) atoms. The van der Waals surface area contributed by atoms with Gasteiger partial charge in [0.15, 0.2) is 5.69 Å². The molecule has 0 saturated carbocycles. The number of methoxy groups -OCH3 is 1. The van der Waals surface area contributed by atoms with Gasteiger partial charge in [0.05, 0.1) is 18.5 Å². The molecule has 0 aliphatic rings. The molecule has 100 valence electrons. The number of carbonyl (C=O) groups is 2. The normalized spacial score (nSPS) is 10.2. The average molecular weight is 254 g/mol. The number of nitrogens with two attached hydrogens (primary N) is 1. The fraction of sp³-hybridized carbons (Fsp3) is 0.545. The number of esters is 1. The van der Waals surface area contributed by atoms with Crippen molar-refractivity contribution in [3.63, 3.8) is 0 Å². The molecular weight excluding hydrogens is 236 g/mol. The highest BCUT2D eigenvalue weighted by Gasteiger charge is 2.23. The summed E-state index contributed by atoms with van der Waals surface area (Å²) < 4.78 is 4.56. The highest BCUT2D eigenvalue weighted by atomic mass is 16.5. The first-order chi connectivity index (χ1) is 8.51. The number of nitrogens with one attached hydrogen (secondary N) is 1. The van der Waals surface area contributed by atoms with Crippen LogP contribution in [-0.2, 0) is 9.53 Å². The highest BCUT2D eigenvalue weighted by Crippen LogP contribution is 2.15. The predicted octanol–water partition coefficient (Wildman–Crippen LogP) is 0.326. The van der Waals surface area contributed by atoms with Gasteiger partial charge in [-0.2, -0.15) is 5.10 Å². The summed E-state index contributed by atoms with van der Waals surface area (Å²) in [5.74, 6) is -0.841. The number of anilines is 1. The third-order valence-electron chi connectivity index (χ3n) is 2.53. The van der Waals surface area contributed by atoms with Crippen LogP contribution in [0.25, 0.3) is 0 Å². The molecule has 7 heteroatoms. The summed E-state index contributed by atoms with van der Waals surface area (Å²) in [6, 6.07) is 0. The van der Waals surface area contributed by atoms with Gasteiger partial charge in [0.2, 0.25) is 0 Å². The lowest BCUT2D eigenvalue weighted by atomic mass is 10.2. The number of rotatable bonds is 5. The van der Waals surface area contributed by atoms with Crippen LogP contribution in [0.5, 0.6) is 0 Å². The Morgan fingerprint density at radius 2 is 2.17 bits per heavy atom. The number of ether oxygens (including phenoxy) is 1. The van der Waals surface area contributed by atoms with Crippen LogP contribution in [0.3, 0.4) is 0 Å². The Kier molecular flexibility index (Phi) is 4.70. The van der Waals surface area contributed by atoms with Crippen LogP contribution in [0.4, 0.5) is 5.69 Å². The number of H-pyrrole nitrogens is 1. The van der Waals surface area contributed by atoms with Crippen molar-refractivity contribution in [2.45, 2.75) is 20.3 Å². The molecule has 1 aromatic heterocycles. The molecule has 0 bridgehead atoms. The van der Waals surface area contributed by atoms with Crippen LogP contribution in [0.1, 0.15) is 29.5 Å². The SMILES string of the molecule is CCCN(CC(=O)OC)C(=O)c1n[nH]c(C)c1N. The number of aromatic nitrogens is 2. The van der Waals surface area contributed by atoms with E-state index in [0.717, 1.165) is 6.42 Å². The van der Waals surface area contributed by atoms with Crippen LogP contribution in [0, 0.1) is 6.92 Å². The van der Waals surface area contributed by atoms with Crippen LogP contribution >= 0.6 is 0 Å². The number of aromatic amines is 1. The van der Waals surface area contributed by atoms with Crippen molar-refractivity contribution < 1.29 is 14.3 Å². The maximum Gasteiger partial charge on any atom is 0.325 e. The molecule has 0 radical (unpaired) electrons. The van der Waals surface area contributed by atoms with Crippen LogP contribution in [-0.4, -0.2) is 47.2 Å². The lowest BCUT2D eigenvalue weighted by Gasteiger charge is -2.19. The number of hydrogen-bond donors (Lipinski definition) is 2. The van der Waals surface area contributed by atoms with Gasteiger partial charge in [0.25, 0.3) is 5.91 Å². The zero-order valence-corrected chi connectivity index (χ0v) is 10.8. The summed E-state index contributed by atoms with van der Waals surface area (Å²) in [7, 11) is 1.28. The predicted molar refractivity (Wildman–Crippen MR) is 65.9 cm³/mol. The molecule has 1 rings (SSSR count). The van der Waals surface area contributed by atoms with Gasteiger partial charge < -0.3 is 15.4 Å². The summed E-state index contributed by atoms with van der Waals surface area (Å²) in [4.78, 5) is 24.8. The molecule has 1 heterocycles. The van der Waals surface area contributed by atoms with Gasteiger partial charge in [-0.25, -0.2) is 0 Å². The molecule has 1 amide bonds. The van der Waals surface area contributed by atoms with Gasteiger partial charge in [0.1, 0.15) is 6.54 Å². The van der Waals surface area contributed by atoms with E-state index in [9.17, 15) is 9.59 Å². The first kappa shape index (κ1) is 14.0. The van der Waals surface area contributed by atoms with E-state index >= 15 is 0 Å². The second-order valence-corrected chi connectivity index (χ2v) is 3.91. The van der Waals surface area contributed by atoms with Crippen molar-refractivity contribution in [2.24, 2.45) is 0 Å². The second-order valence-electron chi connectivity index (χ2n) is 3.91. The quantitative estimate of drug-likeness (QED) is 0.737. The Labute approximate surface area is 105 Å². The number of hydrogen-bond acceptors (Lipinski definition) is 5. The monoisotopic (exact) mass is 254 g/mol. The van der Waals surface area contributed by atoms with Gasteiger partial charge in [-0.3, -0.25) is 14.7 Å². The molecule has 7 nitrogen and oxygen atoms in total. The summed E-state index contributed by atoms with van der Waals surface area (Å²) in [5, 5.41) is 6.50. The number of amides is 1. The minimum atomic E-state index is -0.470. The minimum Gasteiger partial charge on any atom is -0.468 e. The molecule has 0 spiro atoms. The van der Waals surface area contributed by atoms with Gasteiger partial charge >= 0.3 is 5.97 Å². The van der Waals surface area contributed by atoms with Crippen LogP contribution in [0.15, 0.2) is 0 Å². The first-order valence-corrected chi connectivity index (χ1v) is 5.67. The van der Waals surface area contributed by atoms with Crippen molar-refractivity contribution in [3.05, 3.63) is 11.4 Å². The molecule has 0 aromatic carbocycles. The van der Waals surface area contributed by atoms with Crippen molar-refractivity contribution >= 4 is 17.6 Å².